The van der Waals surface area contributed by atoms with Crippen molar-refractivity contribution in [1.29, 1.82) is 0 Å². The van der Waals surface area contributed by atoms with E-state index in [0.29, 0.717) is 12.1 Å². The molecule has 88 valence electrons. The molecule has 0 atom stereocenters. The zero-order chi connectivity index (χ0) is 12.5. The lowest BCUT2D eigenvalue weighted by molar-refractivity contribution is -0.137. The van der Waals surface area contributed by atoms with Gasteiger partial charge in [-0.25, -0.2) is 9.18 Å². The molecule has 1 aromatic carbocycles. The van der Waals surface area contributed by atoms with Gasteiger partial charge < -0.3 is 4.74 Å². The first-order valence-electron chi connectivity index (χ1n) is 3.92. The fraction of sp³-hybridized carbons (Fsp3) is 0.222. The maximum absolute atomic E-state index is 13.1. The lowest BCUT2D eigenvalue weighted by atomic mass is 10.1. The predicted molar refractivity (Wildman–Crippen MR) is 47.8 cm³/mol. The fourth-order valence-corrected chi connectivity index (χ4v) is 1.40. The Kier molecular flexibility index (Phi) is 3.42. The lowest BCUT2D eigenvalue weighted by Crippen LogP contribution is -2.12. The number of hydrogen-bond acceptors (Lipinski definition) is 2. The summed E-state index contributed by atoms with van der Waals surface area (Å²) < 4.78 is 54.3. The Morgan fingerprint density at radius 3 is 2.38 bits per heavy atom. The Labute approximate surface area is 92.8 Å². The number of halogens is 5. The van der Waals surface area contributed by atoms with E-state index in [9.17, 15) is 22.4 Å². The zero-order valence-electron chi connectivity index (χ0n) is 7.86. The highest BCUT2D eigenvalue weighted by Gasteiger charge is 2.36. The molecule has 0 N–H and O–H groups in total. The van der Waals surface area contributed by atoms with Gasteiger partial charge in [0.25, 0.3) is 0 Å². The summed E-state index contributed by atoms with van der Waals surface area (Å²) in [6.07, 6.45) is -4.76. The average Bonchev–Trinajstić information content (AvgIpc) is 2.15. The highest BCUT2D eigenvalue weighted by atomic mass is 35.5. The second-order valence-electron chi connectivity index (χ2n) is 2.77. The van der Waals surface area contributed by atoms with Crippen LogP contribution in [0, 0.1) is 5.82 Å². The first-order chi connectivity index (χ1) is 7.29. The van der Waals surface area contributed by atoms with Crippen LogP contribution in [0.3, 0.4) is 0 Å². The number of methoxy groups -OCH3 is 1. The van der Waals surface area contributed by atoms with Gasteiger partial charge in [-0.05, 0) is 12.1 Å². The summed E-state index contributed by atoms with van der Waals surface area (Å²) in [6.45, 7) is 0. The van der Waals surface area contributed by atoms with Crippen molar-refractivity contribution in [2.24, 2.45) is 0 Å². The molecule has 0 fully saturated rings. The van der Waals surface area contributed by atoms with E-state index in [1.165, 1.54) is 0 Å². The van der Waals surface area contributed by atoms with Crippen LogP contribution in [0.2, 0.25) is 5.02 Å². The maximum atomic E-state index is 13.1. The van der Waals surface area contributed by atoms with Crippen molar-refractivity contribution in [2.45, 2.75) is 6.18 Å². The molecule has 0 aliphatic rings. The molecule has 0 aliphatic carbocycles. The second-order valence-corrected chi connectivity index (χ2v) is 3.15. The first-order valence-corrected chi connectivity index (χ1v) is 4.30. The van der Waals surface area contributed by atoms with Gasteiger partial charge in [-0.3, -0.25) is 0 Å². The normalized spacial score (nSPS) is 11.4. The summed E-state index contributed by atoms with van der Waals surface area (Å²) in [5.74, 6) is -2.42. The second kappa shape index (κ2) is 4.29. The van der Waals surface area contributed by atoms with Crippen LogP contribution in [-0.2, 0) is 10.9 Å². The molecule has 0 saturated carbocycles. The molecule has 0 aliphatic heterocycles. The topological polar surface area (TPSA) is 26.3 Å². The Bertz CT molecular complexity index is 428. The quantitative estimate of drug-likeness (QED) is 0.569. The largest absolute Gasteiger partial charge is 0.465 e. The number of carbonyl (C=O) groups excluding carboxylic acids is 1. The molecule has 16 heavy (non-hydrogen) atoms. The van der Waals surface area contributed by atoms with Gasteiger partial charge in [0, 0.05) is 0 Å². The van der Waals surface area contributed by atoms with Gasteiger partial charge in [0.1, 0.15) is 11.4 Å². The summed E-state index contributed by atoms with van der Waals surface area (Å²) in [5, 5.41) is -1.00. The molecule has 0 amide bonds. The molecule has 7 heteroatoms. The van der Waals surface area contributed by atoms with Crippen molar-refractivity contribution in [2.75, 3.05) is 7.11 Å². The monoisotopic (exact) mass is 256 g/mol. The van der Waals surface area contributed by atoms with Crippen molar-refractivity contribution in [3.8, 4) is 0 Å². The minimum Gasteiger partial charge on any atom is -0.465 e. The third kappa shape index (κ3) is 2.27. The Morgan fingerprint density at radius 1 is 1.38 bits per heavy atom. The predicted octanol–water partition coefficient (Wildman–Crippen LogP) is 3.28. The van der Waals surface area contributed by atoms with Crippen LogP contribution >= 0.6 is 11.6 Å². The lowest BCUT2D eigenvalue weighted by Gasteiger charge is -2.11. The molecule has 1 aromatic rings. The van der Waals surface area contributed by atoms with Crippen molar-refractivity contribution in [3.05, 3.63) is 34.1 Å². The van der Waals surface area contributed by atoms with E-state index in [2.05, 4.69) is 4.74 Å². The molecule has 0 radical (unpaired) electrons. The molecule has 0 unspecified atom stereocenters. The maximum Gasteiger partial charge on any atom is 0.417 e. The number of benzene rings is 1. The molecular weight excluding hydrogens is 252 g/mol. The third-order valence-electron chi connectivity index (χ3n) is 1.79. The van der Waals surface area contributed by atoms with Gasteiger partial charge in [-0.2, -0.15) is 13.2 Å². The summed E-state index contributed by atoms with van der Waals surface area (Å²) in [4.78, 5) is 11.0. The van der Waals surface area contributed by atoms with Crippen LogP contribution in [0.25, 0.3) is 0 Å². The van der Waals surface area contributed by atoms with Crippen LogP contribution in [0.4, 0.5) is 17.6 Å². The number of esters is 1. The van der Waals surface area contributed by atoms with E-state index in [1.54, 1.807) is 0 Å². The molecule has 0 saturated heterocycles. The van der Waals surface area contributed by atoms with Crippen LogP contribution in [0.1, 0.15) is 15.9 Å². The zero-order valence-corrected chi connectivity index (χ0v) is 8.62. The number of ether oxygens (including phenoxy) is 1. The van der Waals surface area contributed by atoms with Gasteiger partial charge in [-0.1, -0.05) is 11.6 Å². The van der Waals surface area contributed by atoms with E-state index < -0.39 is 34.1 Å². The number of carbonyl (C=O) groups is 1. The minimum atomic E-state index is -4.76. The van der Waals surface area contributed by atoms with E-state index in [4.69, 9.17) is 11.6 Å². The van der Waals surface area contributed by atoms with Gasteiger partial charge in [0.15, 0.2) is 0 Å². The van der Waals surface area contributed by atoms with Crippen molar-refractivity contribution < 1.29 is 27.1 Å². The molecule has 0 spiro atoms. The summed E-state index contributed by atoms with van der Waals surface area (Å²) >= 11 is 5.31. The highest BCUT2D eigenvalue weighted by Crippen LogP contribution is 2.37. The average molecular weight is 257 g/mol. The van der Waals surface area contributed by atoms with Gasteiger partial charge in [-0.15, -0.1) is 0 Å². The van der Waals surface area contributed by atoms with Crippen molar-refractivity contribution in [3.63, 3.8) is 0 Å². The van der Waals surface area contributed by atoms with E-state index in [1.807, 2.05) is 0 Å². The van der Waals surface area contributed by atoms with E-state index in [0.717, 1.165) is 7.11 Å². The minimum absolute atomic E-state index is 0.462. The summed E-state index contributed by atoms with van der Waals surface area (Å²) in [7, 11) is 0.915. The molecular formula is C9H5ClF4O2. The molecule has 0 aromatic heterocycles. The van der Waals surface area contributed by atoms with Crippen molar-refractivity contribution in [1.82, 2.24) is 0 Å². The molecule has 0 bridgehead atoms. The van der Waals surface area contributed by atoms with E-state index >= 15 is 0 Å². The SMILES string of the molecule is COC(=O)c1c(F)ccc(C(F)(F)F)c1Cl. The Balaban J connectivity index is 3.45. The summed E-state index contributed by atoms with van der Waals surface area (Å²) in [5.41, 5.74) is -2.20. The van der Waals surface area contributed by atoms with Crippen LogP contribution in [0.15, 0.2) is 12.1 Å². The van der Waals surface area contributed by atoms with E-state index in [-0.39, 0.29) is 0 Å². The van der Waals surface area contributed by atoms with Gasteiger partial charge in [0.2, 0.25) is 0 Å². The van der Waals surface area contributed by atoms with Crippen molar-refractivity contribution >= 4 is 17.6 Å². The fourth-order valence-electron chi connectivity index (χ4n) is 1.06. The van der Waals surface area contributed by atoms with Crippen LogP contribution < -0.4 is 0 Å². The smallest absolute Gasteiger partial charge is 0.417 e. The highest BCUT2D eigenvalue weighted by molar-refractivity contribution is 6.34. The number of hydrogen-bond donors (Lipinski definition) is 0. The summed E-state index contributed by atoms with van der Waals surface area (Å²) in [6, 6.07) is 0.977. The number of rotatable bonds is 1. The molecule has 1 rings (SSSR count). The standard InChI is InChI=1S/C9H5ClF4O2/c1-16-8(15)6-5(11)3-2-4(7(6)10)9(12,13)14/h2-3H,1H3. The van der Waals surface area contributed by atoms with Gasteiger partial charge >= 0.3 is 12.1 Å². The Hall–Kier alpha value is -1.30. The molecule has 2 nitrogen and oxygen atoms in total. The Morgan fingerprint density at radius 2 is 1.94 bits per heavy atom. The molecule has 0 heterocycles. The van der Waals surface area contributed by atoms with Crippen LogP contribution in [-0.4, -0.2) is 13.1 Å². The first kappa shape index (κ1) is 12.8. The number of alkyl halides is 3. The van der Waals surface area contributed by atoms with Crippen LogP contribution in [0.5, 0.6) is 0 Å². The van der Waals surface area contributed by atoms with Gasteiger partial charge in [0.05, 0.1) is 17.7 Å². The third-order valence-corrected chi connectivity index (χ3v) is 2.18.